The fourth-order valence-electron chi connectivity index (χ4n) is 3.59. The van der Waals surface area contributed by atoms with Crippen LogP contribution in [0.4, 0.5) is 20.3 Å². The van der Waals surface area contributed by atoms with E-state index < -0.39 is 29.2 Å². The van der Waals surface area contributed by atoms with E-state index in [0.29, 0.717) is 0 Å². The predicted octanol–water partition coefficient (Wildman–Crippen LogP) is 2.58. The molecule has 31 heavy (non-hydrogen) atoms. The first-order valence-corrected chi connectivity index (χ1v) is 11.3. The molecule has 0 spiro atoms. The van der Waals surface area contributed by atoms with Gasteiger partial charge in [0.05, 0.1) is 31.1 Å². The monoisotopic (exact) mass is 450 g/mol. The Morgan fingerprint density at radius 2 is 1.97 bits per heavy atom. The zero-order valence-electron chi connectivity index (χ0n) is 17.5. The Balaban J connectivity index is 1.51. The molecule has 0 aliphatic carbocycles. The molecule has 0 atom stereocenters. The molecule has 4 rings (SSSR count). The summed E-state index contributed by atoms with van der Waals surface area (Å²) in [6.45, 7) is 0.488. The van der Waals surface area contributed by atoms with Crippen LogP contribution in [0.5, 0.6) is 0 Å². The minimum atomic E-state index is -3.93. The lowest BCUT2D eigenvalue weighted by atomic mass is 10.1. The van der Waals surface area contributed by atoms with Gasteiger partial charge in [0.15, 0.2) is 0 Å². The van der Waals surface area contributed by atoms with Gasteiger partial charge in [0.2, 0.25) is 0 Å². The number of halogens is 2. The molecule has 2 aromatic heterocycles. The second kappa shape index (κ2) is 7.81. The highest BCUT2D eigenvalue weighted by molar-refractivity contribution is 7.87. The summed E-state index contributed by atoms with van der Waals surface area (Å²) in [5.41, 5.74) is 4.50. The molecule has 11 heteroatoms. The lowest BCUT2D eigenvalue weighted by molar-refractivity contribution is -0.0949. The molecule has 1 aliphatic heterocycles. The fraction of sp³-hybridized carbons (Fsp3) is 0.400. The predicted molar refractivity (Wildman–Crippen MR) is 115 cm³/mol. The van der Waals surface area contributed by atoms with Crippen molar-refractivity contribution in [1.29, 1.82) is 0 Å². The second-order valence-corrected chi connectivity index (χ2v) is 9.47. The number of fused-ring (bicyclic) bond motifs is 1. The smallest absolute Gasteiger partial charge is 0.280 e. The molecule has 1 aliphatic rings. The summed E-state index contributed by atoms with van der Waals surface area (Å²) in [5.74, 6) is -2.18. The maximum atomic E-state index is 13.0. The van der Waals surface area contributed by atoms with Gasteiger partial charge in [0, 0.05) is 32.4 Å². The van der Waals surface area contributed by atoms with Crippen LogP contribution in [-0.4, -0.2) is 53.3 Å². The van der Waals surface area contributed by atoms with Crippen molar-refractivity contribution in [3.8, 4) is 0 Å². The topological polar surface area (TPSA) is 83.4 Å². The van der Waals surface area contributed by atoms with Crippen LogP contribution >= 0.6 is 0 Å². The van der Waals surface area contributed by atoms with Crippen molar-refractivity contribution in [2.24, 2.45) is 7.05 Å². The lowest BCUT2D eigenvalue weighted by Crippen LogP contribution is -2.60. The first-order chi connectivity index (χ1) is 14.6. The minimum absolute atomic E-state index is 0.0284. The summed E-state index contributed by atoms with van der Waals surface area (Å²) in [4.78, 5) is 10.8. The second-order valence-electron chi connectivity index (χ2n) is 7.71. The molecule has 1 aromatic carbocycles. The van der Waals surface area contributed by atoms with Gasteiger partial charge >= 0.3 is 0 Å². The van der Waals surface area contributed by atoms with Gasteiger partial charge in [-0.3, -0.25) is 0 Å². The average molecular weight is 451 g/mol. The van der Waals surface area contributed by atoms with Crippen LogP contribution in [0.25, 0.3) is 11.0 Å². The SMILES string of the molecule is CCc1cc(CNS(=O)(=O)N2CC(F)(F)C2)ccc1N(C)c1cc2c(cn1)ncn2C. The van der Waals surface area contributed by atoms with Crippen molar-refractivity contribution >= 4 is 32.7 Å². The number of hydrogen-bond acceptors (Lipinski definition) is 5. The number of aryl methyl sites for hydroxylation is 2. The highest BCUT2D eigenvalue weighted by atomic mass is 32.2. The van der Waals surface area contributed by atoms with Crippen LogP contribution in [0.1, 0.15) is 18.1 Å². The third-order valence-corrected chi connectivity index (χ3v) is 6.89. The van der Waals surface area contributed by atoms with Crippen molar-refractivity contribution in [3.63, 3.8) is 0 Å². The number of alkyl halides is 2. The summed E-state index contributed by atoms with van der Waals surface area (Å²) >= 11 is 0. The number of nitrogens with one attached hydrogen (secondary N) is 1. The number of imidazole rings is 1. The highest BCUT2D eigenvalue weighted by Gasteiger charge is 2.49. The molecule has 1 fully saturated rings. The van der Waals surface area contributed by atoms with Crippen LogP contribution in [0.15, 0.2) is 36.8 Å². The number of pyridine rings is 1. The largest absolute Gasteiger partial charge is 0.334 e. The van der Waals surface area contributed by atoms with E-state index in [1.54, 1.807) is 12.5 Å². The van der Waals surface area contributed by atoms with Gasteiger partial charge in [-0.05, 0) is 23.6 Å². The standard InChI is InChI=1S/C20H24F2N6O2S/c1-4-15-7-14(9-25-31(29,30)28-11-20(21,22)12-28)5-6-17(15)27(3)19-8-18-16(10-23-19)24-13-26(18)2/h5-8,10,13,25H,4,9,11-12H2,1-3H3. The normalized spacial score (nSPS) is 16.4. The molecule has 0 amide bonds. The number of hydrogen-bond donors (Lipinski definition) is 1. The van der Waals surface area contributed by atoms with Crippen molar-refractivity contribution in [2.45, 2.75) is 25.8 Å². The third-order valence-electron chi connectivity index (χ3n) is 5.44. The average Bonchev–Trinajstić information content (AvgIpc) is 3.10. The Labute approximate surface area is 179 Å². The van der Waals surface area contributed by atoms with Gasteiger partial charge in [-0.1, -0.05) is 19.1 Å². The van der Waals surface area contributed by atoms with E-state index in [2.05, 4.69) is 14.7 Å². The van der Waals surface area contributed by atoms with E-state index in [1.165, 1.54) is 0 Å². The Kier molecular flexibility index (Phi) is 5.44. The molecular formula is C20H24F2N6O2S. The van der Waals surface area contributed by atoms with Crippen LogP contribution in [0.3, 0.4) is 0 Å². The molecule has 0 radical (unpaired) electrons. The highest BCUT2D eigenvalue weighted by Crippen LogP contribution is 2.30. The summed E-state index contributed by atoms with van der Waals surface area (Å²) in [6.07, 6.45) is 4.20. The van der Waals surface area contributed by atoms with Crippen LogP contribution in [-0.2, 0) is 30.2 Å². The Morgan fingerprint density at radius 3 is 2.65 bits per heavy atom. The summed E-state index contributed by atoms with van der Waals surface area (Å²) in [5, 5.41) is 0. The first-order valence-electron chi connectivity index (χ1n) is 9.85. The maximum absolute atomic E-state index is 13.0. The van der Waals surface area contributed by atoms with Crippen molar-refractivity contribution < 1.29 is 17.2 Å². The fourth-order valence-corrected chi connectivity index (χ4v) is 4.84. The molecule has 1 saturated heterocycles. The number of benzene rings is 1. The molecule has 8 nitrogen and oxygen atoms in total. The van der Waals surface area contributed by atoms with Crippen LogP contribution in [0, 0.1) is 0 Å². The Morgan fingerprint density at radius 1 is 1.23 bits per heavy atom. The van der Waals surface area contributed by atoms with Crippen molar-refractivity contribution in [2.75, 3.05) is 25.0 Å². The summed E-state index contributed by atoms with van der Waals surface area (Å²) in [7, 11) is -0.0800. The molecular weight excluding hydrogens is 426 g/mol. The molecule has 0 bridgehead atoms. The van der Waals surface area contributed by atoms with Gasteiger partial charge < -0.3 is 9.47 Å². The van der Waals surface area contributed by atoms with Crippen LogP contribution < -0.4 is 9.62 Å². The minimum Gasteiger partial charge on any atom is -0.334 e. The lowest BCUT2D eigenvalue weighted by Gasteiger charge is -2.37. The zero-order valence-corrected chi connectivity index (χ0v) is 18.3. The third kappa shape index (κ3) is 4.25. The van der Waals surface area contributed by atoms with E-state index >= 15 is 0 Å². The van der Waals surface area contributed by atoms with Gasteiger partial charge in [-0.15, -0.1) is 0 Å². The van der Waals surface area contributed by atoms with Gasteiger partial charge in [-0.2, -0.15) is 17.4 Å². The van der Waals surface area contributed by atoms with Gasteiger partial charge in [-0.25, -0.2) is 18.7 Å². The van der Waals surface area contributed by atoms with E-state index in [4.69, 9.17) is 0 Å². The van der Waals surface area contributed by atoms with E-state index in [1.807, 2.05) is 54.8 Å². The number of aromatic nitrogens is 3. The Hall–Kier alpha value is -2.63. The first kappa shape index (κ1) is 21.6. The van der Waals surface area contributed by atoms with Gasteiger partial charge in [0.25, 0.3) is 16.1 Å². The summed E-state index contributed by atoms with van der Waals surface area (Å²) in [6, 6.07) is 7.62. The Bertz CT molecular complexity index is 1220. The molecule has 3 heterocycles. The van der Waals surface area contributed by atoms with E-state index in [9.17, 15) is 17.2 Å². The van der Waals surface area contributed by atoms with Crippen molar-refractivity contribution in [1.82, 2.24) is 23.6 Å². The molecule has 0 unspecified atom stereocenters. The van der Waals surface area contributed by atoms with Crippen LogP contribution in [0.2, 0.25) is 0 Å². The molecule has 166 valence electrons. The number of nitrogens with zero attached hydrogens (tertiary/aromatic N) is 5. The van der Waals surface area contributed by atoms with E-state index in [0.717, 1.165) is 44.4 Å². The summed E-state index contributed by atoms with van der Waals surface area (Å²) < 4.78 is 55.4. The maximum Gasteiger partial charge on any atom is 0.280 e. The molecule has 0 saturated carbocycles. The van der Waals surface area contributed by atoms with Crippen molar-refractivity contribution in [3.05, 3.63) is 47.9 Å². The van der Waals surface area contributed by atoms with E-state index in [-0.39, 0.29) is 6.54 Å². The quantitative estimate of drug-likeness (QED) is 0.598. The molecule has 1 N–H and O–H groups in total. The number of anilines is 2. The van der Waals surface area contributed by atoms with Gasteiger partial charge in [0.1, 0.15) is 11.3 Å². The molecule has 3 aromatic rings. The zero-order chi connectivity index (χ0) is 22.4. The number of rotatable bonds is 7.